The van der Waals surface area contributed by atoms with Crippen LogP contribution >= 0.6 is 0 Å². The summed E-state index contributed by atoms with van der Waals surface area (Å²) in [7, 11) is 0. The van der Waals surface area contributed by atoms with E-state index in [0.29, 0.717) is 0 Å². The van der Waals surface area contributed by atoms with E-state index in [9.17, 15) is 10.2 Å². The van der Waals surface area contributed by atoms with Crippen molar-refractivity contribution < 1.29 is 24.4 Å². The maximum atomic E-state index is 10.1. The minimum Gasteiger partial charge on any atom is -0.394 e. The molecular formula is C16H21N3O5. The smallest absolute Gasteiger partial charge is 0.164 e. The van der Waals surface area contributed by atoms with Gasteiger partial charge in [-0.05, 0) is 26.8 Å². The molecule has 0 amide bonds. The first-order valence-corrected chi connectivity index (χ1v) is 7.99. The number of aryl methyl sites for hydroxylation is 1. The first-order chi connectivity index (χ1) is 11.4. The Morgan fingerprint density at radius 3 is 2.79 bits per heavy atom. The molecule has 2 aliphatic rings. The number of aromatic nitrogens is 3. The molecule has 5 atom stereocenters. The maximum Gasteiger partial charge on any atom is 0.164 e. The number of hydrogen-bond donors (Lipinski definition) is 2. The number of fused-ring (bicyclic) bond motifs is 2. The first kappa shape index (κ1) is 15.9. The molecule has 4 heterocycles. The number of nitrogens with zero attached hydrogens (tertiary/aromatic N) is 3. The molecule has 8 heteroatoms. The zero-order chi connectivity index (χ0) is 17.1. The summed E-state index contributed by atoms with van der Waals surface area (Å²) in [4.78, 5) is 8.55. The lowest BCUT2D eigenvalue weighted by Crippen LogP contribution is -2.40. The van der Waals surface area contributed by atoms with E-state index >= 15 is 0 Å². The van der Waals surface area contributed by atoms with Gasteiger partial charge < -0.3 is 29.0 Å². The fourth-order valence-electron chi connectivity index (χ4n) is 3.55. The van der Waals surface area contributed by atoms with Crippen LogP contribution in [0.5, 0.6) is 0 Å². The van der Waals surface area contributed by atoms with Crippen molar-refractivity contribution in [2.75, 3.05) is 6.61 Å². The predicted octanol–water partition coefficient (Wildman–Crippen LogP) is 0.510. The molecule has 2 saturated heterocycles. The monoisotopic (exact) mass is 335 g/mol. The highest BCUT2D eigenvalue weighted by atomic mass is 16.8. The fraction of sp³-hybridized carbons (Fsp3) is 0.625. The van der Waals surface area contributed by atoms with Gasteiger partial charge in [-0.15, -0.1) is 0 Å². The van der Waals surface area contributed by atoms with Crippen molar-refractivity contribution in [2.45, 2.75) is 57.2 Å². The molecule has 0 aromatic carbocycles. The van der Waals surface area contributed by atoms with Crippen LogP contribution in [0.2, 0.25) is 0 Å². The van der Waals surface area contributed by atoms with Gasteiger partial charge >= 0.3 is 0 Å². The van der Waals surface area contributed by atoms with E-state index in [-0.39, 0.29) is 0 Å². The van der Waals surface area contributed by atoms with Crippen LogP contribution < -0.4 is 0 Å². The van der Waals surface area contributed by atoms with Crippen LogP contribution in [0.1, 0.15) is 25.8 Å². The summed E-state index contributed by atoms with van der Waals surface area (Å²) in [6.07, 6.45) is 0.289. The number of hydrogen-bond acceptors (Lipinski definition) is 7. The molecular weight excluding hydrogens is 314 g/mol. The van der Waals surface area contributed by atoms with Crippen LogP contribution in [0, 0.1) is 6.92 Å². The molecule has 0 bridgehead atoms. The molecule has 130 valence electrons. The third kappa shape index (κ3) is 2.34. The maximum absolute atomic E-state index is 10.1. The molecule has 8 nitrogen and oxygen atoms in total. The van der Waals surface area contributed by atoms with Crippen molar-refractivity contribution in [1.82, 2.24) is 14.5 Å². The Labute approximate surface area is 139 Å². The molecule has 2 aromatic rings. The number of aliphatic hydroxyl groups is 2. The second kappa shape index (κ2) is 5.47. The zero-order valence-electron chi connectivity index (χ0n) is 13.8. The Bertz CT molecular complexity index is 761. The predicted molar refractivity (Wildman–Crippen MR) is 83.1 cm³/mol. The van der Waals surface area contributed by atoms with Crippen molar-refractivity contribution in [2.24, 2.45) is 0 Å². The Morgan fingerprint density at radius 2 is 2.04 bits per heavy atom. The van der Waals surface area contributed by atoms with Gasteiger partial charge in [-0.2, -0.15) is 0 Å². The van der Waals surface area contributed by atoms with E-state index < -0.39 is 43.0 Å². The fourth-order valence-corrected chi connectivity index (χ4v) is 3.55. The minimum absolute atomic E-state index is 0.405. The summed E-state index contributed by atoms with van der Waals surface area (Å²) < 4.78 is 19.8. The topological polar surface area (TPSA) is 98.9 Å². The molecule has 24 heavy (non-hydrogen) atoms. The Kier molecular flexibility index (Phi) is 3.63. The summed E-state index contributed by atoms with van der Waals surface area (Å²) in [5, 5.41) is 20.4. The van der Waals surface area contributed by atoms with Crippen LogP contribution in [0.4, 0.5) is 0 Å². The molecule has 2 aromatic heterocycles. The molecule has 4 rings (SSSR count). The molecule has 2 fully saturated rings. The SMILES string of the molecule is Cc1ncnc2c1ccn2[C@@H]1O[C@@H]([C@H](O)CO)[C@H]2OC(C)(C)OC12. The van der Waals surface area contributed by atoms with Crippen molar-refractivity contribution in [1.29, 1.82) is 0 Å². The van der Waals surface area contributed by atoms with Gasteiger partial charge in [-0.25, -0.2) is 9.97 Å². The van der Waals surface area contributed by atoms with Crippen LogP contribution in [-0.2, 0) is 14.2 Å². The third-order valence-electron chi connectivity index (χ3n) is 4.61. The van der Waals surface area contributed by atoms with E-state index in [2.05, 4.69) is 9.97 Å². The van der Waals surface area contributed by atoms with Gasteiger partial charge in [0.25, 0.3) is 0 Å². The van der Waals surface area contributed by atoms with Gasteiger partial charge in [0.05, 0.1) is 12.3 Å². The van der Waals surface area contributed by atoms with Crippen molar-refractivity contribution >= 4 is 11.0 Å². The highest BCUT2D eigenvalue weighted by molar-refractivity contribution is 5.78. The number of aliphatic hydroxyl groups excluding tert-OH is 2. The Hall–Kier alpha value is -1.58. The van der Waals surface area contributed by atoms with Crippen molar-refractivity contribution in [3.8, 4) is 0 Å². The van der Waals surface area contributed by atoms with Gasteiger partial charge in [0.2, 0.25) is 0 Å². The zero-order valence-corrected chi connectivity index (χ0v) is 13.8. The van der Waals surface area contributed by atoms with Gasteiger partial charge in [0.15, 0.2) is 12.0 Å². The van der Waals surface area contributed by atoms with Crippen LogP contribution in [0.15, 0.2) is 18.6 Å². The van der Waals surface area contributed by atoms with Gasteiger partial charge in [-0.1, -0.05) is 0 Å². The summed E-state index contributed by atoms with van der Waals surface area (Å²) >= 11 is 0. The van der Waals surface area contributed by atoms with Gasteiger partial charge in [0, 0.05) is 11.6 Å². The minimum atomic E-state index is -1.04. The average molecular weight is 335 g/mol. The Balaban J connectivity index is 1.75. The van der Waals surface area contributed by atoms with Crippen molar-refractivity contribution in [3.63, 3.8) is 0 Å². The lowest BCUT2D eigenvalue weighted by atomic mass is 10.1. The van der Waals surface area contributed by atoms with Crippen molar-refractivity contribution in [3.05, 3.63) is 24.3 Å². The molecule has 0 spiro atoms. The lowest BCUT2D eigenvalue weighted by molar-refractivity contribution is -0.208. The summed E-state index contributed by atoms with van der Waals surface area (Å²) in [5.74, 6) is -0.779. The number of rotatable bonds is 3. The second-order valence-corrected chi connectivity index (χ2v) is 6.73. The van der Waals surface area contributed by atoms with Crippen LogP contribution in [0.25, 0.3) is 11.0 Å². The first-order valence-electron chi connectivity index (χ1n) is 7.99. The average Bonchev–Trinajstić information content (AvgIpc) is 3.18. The van der Waals surface area contributed by atoms with E-state index in [4.69, 9.17) is 14.2 Å². The molecule has 0 aliphatic carbocycles. The molecule has 0 radical (unpaired) electrons. The molecule has 0 saturated carbocycles. The molecule has 2 aliphatic heterocycles. The standard InChI is InChI=1S/C16H21N3O5/c1-8-9-4-5-19(14(9)18-7-17-8)15-13-12(23-16(2,3)24-13)11(22-15)10(21)6-20/h4-5,7,10-13,15,20-21H,6H2,1-3H3/t10-,11+,12-,13?,15-/m1/s1. The third-order valence-corrected chi connectivity index (χ3v) is 4.61. The quantitative estimate of drug-likeness (QED) is 0.843. The summed E-state index contributed by atoms with van der Waals surface area (Å²) in [6.45, 7) is 5.16. The van der Waals surface area contributed by atoms with Crippen LogP contribution in [-0.4, -0.2) is 61.6 Å². The molecule has 1 unspecified atom stereocenters. The van der Waals surface area contributed by atoms with E-state index in [0.717, 1.165) is 16.7 Å². The normalized spacial score (nSPS) is 33.0. The summed E-state index contributed by atoms with van der Waals surface area (Å²) in [5.41, 5.74) is 1.61. The van der Waals surface area contributed by atoms with Crippen LogP contribution in [0.3, 0.4) is 0 Å². The van der Waals surface area contributed by atoms with E-state index in [1.807, 2.05) is 37.6 Å². The highest BCUT2D eigenvalue weighted by Gasteiger charge is 2.57. The van der Waals surface area contributed by atoms with Gasteiger partial charge in [0.1, 0.15) is 36.4 Å². The van der Waals surface area contributed by atoms with Gasteiger partial charge in [-0.3, -0.25) is 0 Å². The highest BCUT2D eigenvalue weighted by Crippen LogP contribution is 2.44. The number of ether oxygens (including phenoxy) is 3. The second-order valence-electron chi connectivity index (χ2n) is 6.73. The lowest BCUT2D eigenvalue weighted by Gasteiger charge is -2.26. The summed E-state index contributed by atoms with van der Waals surface area (Å²) in [6, 6.07) is 1.93. The van der Waals surface area contributed by atoms with E-state index in [1.165, 1.54) is 6.33 Å². The Morgan fingerprint density at radius 1 is 1.29 bits per heavy atom. The molecule has 2 N–H and O–H groups in total. The largest absolute Gasteiger partial charge is 0.394 e. The van der Waals surface area contributed by atoms with E-state index in [1.54, 1.807) is 0 Å².